The summed E-state index contributed by atoms with van der Waals surface area (Å²) in [5.41, 5.74) is 3.10. The van der Waals surface area contributed by atoms with Crippen LogP contribution < -0.4 is 5.32 Å². The van der Waals surface area contributed by atoms with Crippen molar-refractivity contribution in [1.82, 2.24) is 15.0 Å². The first kappa shape index (κ1) is 13.5. The number of anilines is 1. The lowest BCUT2D eigenvalue weighted by atomic mass is 10.1. The molecule has 0 spiro atoms. The molecule has 2 aromatic heterocycles. The Morgan fingerprint density at radius 2 is 1.95 bits per heavy atom. The van der Waals surface area contributed by atoms with Crippen LogP contribution in [0.5, 0.6) is 0 Å². The molecule has 0 radical (unpaired) electrons. The van der Waals surface area contributed by atoms with Crippen LogP contribution >= 0.6 is 0 Å². The van der Waals surface area contributed by atoms with Gasteiger partial charge in [0.05, 0.1) is 0 Å². The number of nitrogens with zero attached hydrogens (tertiary/aromatic N) is 3. The van der Waals surface area contributed by atoms with E-state index in [9.17, 15) is 0 Å². The molecule has 4 nitrogen and oxygen atoms in total. The number of pyridine rings is 1. The lowest BCUT2D eigenvalue weighted by Crippen LogP contribution is -2.05. The summed E-state index contributed by atoms with van der Waals surface area (Å²) in [5, 5.41) is 3.25. The molecular weight excluding hydrogens is 236 g/mol. The molecule has 0 saturated carbocycles. The Kier molecular flexibility index (Phi) is 4.44. The molecule has 4 heteroatoms. The Morgan fingerprint density at radius 1 is 1.11 bits per heavy atom. The third-order valence-electron chi connectivity index (χ3n) is 2.98. The van der Waals surface area contributed by atoms with Crippen LogP contribution in [0, 0.1) is 0 Å². The molecule has 0 atom stereocenters. The molecule has 0 saturated heterocycles. The van der Waals surface area contributed by atoms with Crippen LogP contribution in [0.1, 0.15) is 32.0 Å². The van der Waals surface area contributed by atoms with Crippen molar-refractivity contribution in [3.63, 3.8) is 0 Å². The molecule has 0 aliphatic heterocycles. The first-order chi connectivity index (χ1) is 9.28. The highest BCUT2D eigenvalue weighted by Gasteiger charge is 2.10. The van der Waals surface area contributed by atoms with Crippen molar-refractivity contribution in [2.75, 3.05) is 11.9 Å². The Hall–Kier alpha value is -1.97. The van der Waals surface area contributed by atoms with E-state index in [1.54, 1.807) is 6.20 Å². The first-order valence-corrected chi connectivity index (χ1v) is 6.84. The van der Waals surface area contributed by atoms with Gasteiger partial charge in [-0.05, 0) is 31.4 Å². The van der Waals surface area contributed by atoms with Crippen LogP contribution in [0.2, 0.25) is 0 Å². The van der Waals surface area contributed by atoms with E-state index >= 15 is 0 Å². The zero-order valence-corrected chi connectivity index (χ0v) is 11.8. The highest BCUT2D eigenvalue weighted by molar-refractivity contribution is 5.57. The number of hydrogen-bond acceptors (Lipinski definition) is 4. The minimum Gasteiger partial charge on any atom is -0.370 e. The number of aryl methyl sites for hydroxylation is 2. The molecule has 0 unspecified atom stereocenters. The number of nitrogens with one attached hydrogen (secondary N) is 1. The van der Waals surface area contributed by atoms with Gasteiger partial charge in [-0.1, -0.05) is 19.9 Å². The number of hydrogen-bond donors (Lipinski definition) is 1. The Balaban J connectivity index is 2.51. The quantitative estimate of drug-likeness (QED) is 0.893. The van der Waals surface area contributed by atoms with Gasteiger partial charge >= 0.3 is 0 Å². The summed E-state index contributed by atoms with van der Waals surface area (Å²) in [6.45, 7) is 7.13. The van der Waals surface area contributed by atoms with Gasteiger partial charge < -0.3 is 5.32 Å². The average molecular weight is 256 g/mol. The normalized spacial score (nSPS) is 10.5. The van der Waals surface area contributed by atoms with Crippen LogP contribution in [0.15, 0.2) is 24.4 Å². The van der Waals surface area contributed by atoms with Crippen molar-refractivity contribution in [3.8, 4) is 11.5 Å². The van der Waals surface area contributed by atoms with Crippen LogP contribution in [0.25, 0.3) is 11.5 Å². The Morgan fingerprint density at radius 3 is 2.63 bits per heavy atom. The maximum atomic E-state index is 4.60. The third-order valence-corrected chi connectivity index (χ3v) is 2.98. The van der Waals surface area contributed by atoms with Gasteiger partial charge in [-0.3, -0.25) is 4.98 Å². The van der Waals surface area contributed by atoms with E-state index in [1.807, 2.05) is 12.1 Å². The van der Waals surface area contributed by atoms with Gasteiger partial charge in [-0.2, -0.15) is 0 Å². The van der Waals surface area contributed by atoms with Crippen molar-refractivity contribution in [2.24, 2.45) is 0 Å². The van der Waals surface area contributed by atoms with Gasteiger partial charge in [0.2, 0.25) is 0 Å². The van der Waals surface area contributed by atoms with Crippen molar-refractivity contribution >= 4 is 5.82 Å². The van der Waals surface area contributed by atoms with Crippen LogP contribution in [-0.4, -0.2) is 21.5 Å². The second-order valence-corrected chi connectivity index (χ2v) is 4.32. The second kappa shape index (κ2) is 6.27. The molecule has 0 amide bonds. The molecule has 0 fully saturated rings. The topological polar surface area (TPSA) is 50.7 Å². The summed E-state index contributed by atoms with van der Waals surface area (Å²) in [6, 6.07) is 6.04. The fourth-order valence-corrected chi connectivity index (χ4v) is 1.98. The molecule has 0 aromatic carbocycles. The third kappa shape index (κ3) is 3.08. The smallest absolute Gasteiger partial charge is 0.180 e. The van der Waals surface area contributed by atoms with E-state index < -0.39 is 0 Å². The van der Waals surface area contributed by atoms with Crippen molar-refractivity contribution < 1.29 is 0 Å². The van der Waals surface area contributed by atoms with Gasteiger partial charge in [0.15, 0.2) is 5.82 Å². The van der Waals surface area contributed by atoms with E-state index in [4.69, 9.17) is 0 Å². The molecule has 2 aromatic rings. The molecule has 100 valence electrons. The molecule has 2 heterocycles. The van der Waals surface area contributed by atoms with E-state index in [-0.39, 0.29) is 0 Å². The lowest BCUT2D eigenvalue weighted by Gasteiger charge is -2.09. The summed E-state index contributed by atoms with van der Waals surface area (Å²) < 4.78 is 0. The zero-order chi connectivity index (χ0) is 13.7. The summed E-state index contributed by atoms with van der Waals surface area (Å²) in [7, 11) is 0. The van der Waals surface area contributed by atoms with Crippen molar-refractivity contribution in [1.29, 1.82) is 0 Å². The van der Waals surface area contributed by atoms with Gasteiger partial charge in [0.1, 0.15) is 11.5 Å². The number of rotatable bonds is 5. The monoisotopic (exact) mass is 256 g/mol. The Bertz CT molecular complexity index is 552. The van der Waals surface area contributed by atoms with Crippen molar-refractivity contribution in [2.45, 2.75) is 33.6 Å². The minimum atomic E-state index is 0.716. The highest BCUT2D eigenvalue weighted by atomic mass is 15.0. The molecule has 0 aliphatic rings. The number of aromatic nitrogens is 3. The van der Waals surface area contributed by atoms with E-state index in [0.717, 1.165) is 36.6 Å². The van der Waals surface area contributed by atoms with E-state index in [0.29, 0.717) is 5.82 Å². The largest absolute Gasteiger partial charge is 0.370 e. The Labute approximate surface area is 114 Å². The fourth-order valence-electron chi connectivity index (χ4n) is 1.98. The van der Waals surface area contributed by atoms with Gasteiger partial charge in [0.25, 0.3) is 0 Å². The zero-order valence-electron chi connectivity index (χ0n) is 11.8. The molecule has 19 heavy (non-hydrogen) atoms. The highest BCUT2D eigenvalue weighted by Crippen LogP contribution is 2.20. The van der Waals surface area contributed by atoms with Crippen LogP contribution in [0.4, 0.5) is 5.82 Å². The average Bonchev–Trinajstić information content (AvgIpc) is 2.47. The predicted octanol–water partition coefficient (Wildman–Crippen LogP) is 3.10. The first-order valence-electron chi connectivity index (χ1n) is 6.84. The fraction of sp³-hybridized carbons (Fsp3) is 0.400. The summed E-state index contributed by atoms with van der Waals surface area (Å²) in [5.74, 6) is 1.59. The maximum Gasteiger partial charge on any atom is 0.180 e. The van der Waals surface area contributed by atoms with Gasteiger partial charge in [-0.15, -0.1) is 0 Å². The minimum absolute atomic E-state index is 0.716. The van der Waals surface area contributed by atoms with Gasteiger partial charge in [-0.25, -0.2) is 9.97 Å². The molecular formula is C15H20N4. The van der Waals surface area contributed by atoms with E-state index in [1.165, 1.54) is 5.56 Å². The van der Waals surface area contributed by atoms with Gasteiger partial charge in [0, 0.05) is 24.5 Å². The molecule has 1 N–H and O–H groups in total. The standard InChI is InChI=1S/C15H20N4/c1-4-11-8-7-9-17-14(11)15-18-12(5-2)10-13(19-15)16-6-3/h7-10H,4-6H2,1-3H3,(H,16,18,19). The molecule has 2 rings (SSSR count). The SMILES string of the molecule is CCNc1cc(CC)nc(-c2ncccc2CC)n1. The summed E-state index contributed by atoms with van der Waals surface area (Å²) >= 11 is 0. The van der Waals surface area contributed by atoms with Crippen molar-refractivity contribution in [3.05, 3.63) is 35.7 Å². The predicted molar refractivity (Wildman–Crippen MR) is 78.2 cm³/mol. The van der Waals surface area contributed by atoms with Crippen LogP contribution in [0.3, 0.4) is 0 Å². The summed E-state index contributed by atoms with van der Waals surface area (Å²) in [4.78, 5) is 13.6. The second-order valence-electron chi connectivity index (χ2n) is 4.32. The summed E-state index contributed by atoms with van der Waals surface area (Å²) in [6.07, 6.45) is 3.62. The van der Waals surface area contributed by atoms with E-state index in [2.05, 4.69) is 47.1 Å². The lowest BCUT2D eigenvalue weighted by molar-refractivity contribution is 0.982. The molecule has 0 aliphatic carbocycles. The van der Waals surface area contributed by atoms with Crippen LogP contribution in [-0.2, 0) is 12.8 Å². The molecule has 0 bridgehead atoms. The maximum absolute atomic E-state index is 4.60.